The highest BCUT2D eigenvalue weighted by atomic mass is 19.3. The second-order valence-electron chi connectivity index (χ2n) is 2.55. The van der Waals surface area contributed by atoms with Gasteiger partial charge in [0, 0.05) is 0 Å². The number of aldehydes is 1. The number of nitrogens with two attached hydrogens (primary N) is 1. The van der Waals surface area contributed by atoms with Crippen molar-refractivity contribution in [3.63, 3.8) is 0 Å². The van der Waals surface area contributed by atoms with E-state index < -0.39 is 34.1 Å². The summed E-state index contributed by atoms with van der Waals surface area (Å²) in [4.78, 5) is 22.7. The van der Waals surface area contributed by atoms with Gasteiger partial charge in [0.05, 0.1) is 5.56 Å². The Kier molecular flexibility index (Phi) is 2.88. The van der Waals surface area contributed by atoms with Gasteiger partial charge >= 0.3 is 12.2 Å². The van der Waals surface area contributed by atoms with Crippen LogP contribution in [0.15, 0.2) is 6.07 Å². The molecule has 0 radical (unpaired) electrons. The fraction of sp³-hybridized carbons (Fsp3) is 0.143. The molecular weight excluding hydrogens is 212 g/mol. The third-order valence-electron chi connectivity index (χ3n) is 1.60. The fourth-order valence-corrected chi connectivity index (χ4v) is 0.965. The van der Waals surface area contributed by atoms with E-state index in [1.165, 1.54) is 0 Å². The molecule has 0 fully saturated rings. The number of hydrogen-bond donors (Lipinski definition) is 1. The summed E-state index contributed by atoms with van der Waals surface area (Å²) in [6.07, 6.45) is -2.95. The first-order valence-electron chi connectivity index (χ1n) is 3.65. The first-order chi connectivity index (χ1) is 6.97. The lowest BCUT2D eigenvalue weighted by molar-refractivity contribution is -0.388. The Morgan fingerprint density at radius 3 is 2.60 bits per heavy atom. The van der Waals surface area contributed by atoms with Crippen molar-refractivity contribution in [2.24, 2.45) is 0 Å². The molecule has 0 aliphatic heterocycles. The number of nitrogen functional groups attached to an aromatic ring is 1. The Bertz CT molecular complexity index is 422. The van der Waals surface area contributed by atoms with Crippen LogP contribution in [0.4, 0.5) is 20.3 Å². The molecule has 8 heteroatoms. The minimum absolute atomic E-state index is 0.120. The second-order valence-corrected chi connectivity index (χ2v) is 2.55. The number of rotatable bonds is 3. The van der Waals surface area contributed by atoms with Crippen molar-refractivity contribution in [1.82, 2.24) is 4.98 Å². The molecule has 0 atom stereocenters. The molecule has 0 unspecified atom stereocenters. The Labute approximate surface area is 81.9 Å². The van der Waals surface area contributed by atoms with Crippen molar-refractivity contribution in [1.29, 1.82) is 0 Å². The molecule has 0 aromatic carbocycles. The average molecular weight is 217 g/mol. The molecule has 0 aliphatic rings. The lowest BCUT2D eigenvalue weighted by atomic mass is 10.2. The molecule has 6 nitrogen and oxygen atoms in total. The van der Waals surface area contributed by atoms with Crippen molar-refractivity contribution < 1.29 is 18.5 Å². The summed E-state index contributed by atoms with van der Waals surface area (Å²) in [6, 6.07) is 0.805. The van der Waals surface area contributed by atoms with Gasteiger partial charge in [-0.1, -0.05) is 0 Å². The maximum absolute atomic E-state index is 12.3. The maximum atomic E-state index is 12.3. The van der Waals surface area contributed by atoms with Crippen LogP contribution in [0.25, 0.3) is 0 Å². The molecule has 1 aromatic rings. The van der Waals surface area contributed by atoms with Crippen molar-refractivity contribution in [3.8, 4) is 0 Å². The quantitative estimate of drug-likeness (QED) is 0.467. The molecule has 0 saturated carbocycles. The summed E-state index contributed by atoms with van der Waals surface area (Å²) in [7, 11) is 0. The summed E-state index contributed by atoms with van der Waals surface area (Å²) < 4.78 is 24.6. The Morgan fingerprint density at radius 2 is 2.20 bits per heavy atom. The van der Waals surface area contributed by atoms with Crippen LogP contribution in [0, 0.1) is 10.1 Å². The van der Waals surface area contributed by atoms with E-state index in [1.54, 1.807) is 0 Å². The molecule has 1 heterocycles. The van der Waals surface area contributed by atoms with Crippen LogP contribution in [-0.2, 0) is 0 Å². The standard InChI is InChI=1S/C7H5F2N3O3/c8-6(9)5-3(2-13)1-4(10)7(11-5)12(14)15/h1-2,6H,10H2. The number of anilines is 1. The lowest BCUT2D eigenvalue weighted by Crippen LogP contribution is -2.05. The number of nitrogens with zero attached hydrogens (tertiary/aromatic N) is 2. The van der Waals surface area contributed by atoms with E-state index in [0.717, 1.165) is 6.07 Å². The molecule has 0 amide bonds. The van der Waals surface area contributed by atoms with Crippen LogP contribution in [-0.4, -0.2) is 16.2 Å². The first kappa shape index (κ1) is 11.0. The van der Waals surface area contributed by atoms with Crippen LogP contribution in [0.1, 0.15) is 22.5 Å². The highest BCUT2D eigenvalue weighted by Crippen LogP contribution is 2.27. The van der Waals surface area contributed by atoms with Crippen molar-refractivity contribution in [3.05, 3.63) is 27.4 Å². The molecule has 0 aliphatic carbocycles. The number of carbonyl (C=O) groups excluding carboxylic acids is 1. The van der Waals surface area contributed by atoms with Crippen molar-refractivity contribution in [2.75, 3.05) is 5.73 Å². The predicted octanol–water partition coefficient (Wildman–Crippen LogP) is 1.32. The largest absolute Gasteiger partial charge is 0.392 e. The van der Waals surface area contributed by atoms with E-state index in [4.69, 9.17) is 5.73 Å². The van der Waals surface area contributed by atoms with E-state index in [-0.39, 0.29) is 6.29 Å². The summed E-state index contributed by atoms with van der Waals surface area (Å²) in [5, 5.41) is 10.3. The fourth-order valence-electron chi connectivity index (χ4n) is 0.965. The van der Waals surface area contributed by atoms with Crippen molar-refractivity contribution in [2.45, 2.75) is 6.43 Å². The van der Waals surface area contributed by atoms with Crippen LogP contribution in [0.2, 0.25) is 0 Å². The van der Waals surface area contributed by atoms with Crippen LogP contribution in [0.3, 0.4) is 0 Å². The number of carbonyl (C=O) groups is 1. The molecule has 0 spiro atoms. The van der Waals surface area contributed by atoms with Crippen LogP contribution >= 0.6 is 0 Å². The number of hydrogen-bond acceptors (Lipinski definition) is 5. The maximum Gasteiger partial charge on any atom is 0.387 e. The molecule has 0 saturated heterocycles. The highest BCUT2D eigenvalue weighted by Gasteiger charge is 2.25. The van der Waals surface area contributed by atoms with Gasteiger partial charge in [-0.2, -0.15) is 0 Å². The van der Waals surface area contributed by atoms with Gasteiger partial charge in [0.25, 0.3) is 0 Å². The van der Waals surface area contributed by atoms with E-state index >= 15 is 0 Å². The summed E-state index contributed by atoms with van der Waals surface area (Å²) in [5.41, 5.74) is 3.34. The average Bonchev–Trinajstić information content (AvgIpc) is 2.16. The topological polar surface area (TPSA) is 99.1 Å². The minimum Gasteiger partial charge on any atom is -0.392 e. The van der Waals surface area contributed by atoms with Gasteiger partial charge in [-0.15, -0.1) is 0 Å². The summed E-state index contributed by atoms with van der Waals surface area (Å²) in [5.74, 6) is -0.879. The van der Waals surface area contributed by atoms with Crippen LogP contribution in [0.5, 0.6) is 0 Å². The smallest absolute Gasteiger partial charge is 0.387 e. The molecule has 1 aromatic heterocycles. The number of pyridine rings is 1. The lowest BCUT2D eigenvalue weighted by Gasteiger charge is -2.01. The SMILES string of the molecule is Nc1cc(C=O)c(C(F)F)nc1[N+](=O)[O-]. The first-order valence-corrected chi connectivity index (χ1v) is 3.65. The zero-order valence-corrected chi connectivity index (χ0v) is 7.18. The number of nitro groups is 1. The molecule has 15 heavy (non-hydrogen) atoms. The minimum atomic E-state index is -3.07. The van der Waals surface area contributed by atoms with Gasteiger partial charge in [-0.05, 0) is 16.0 Å². The van der Waals surface area contributed by atoms with Gasteiger partial charge in [0.2, 0.25) is 5.69 Å². The van der Waals surface area contributed by atoms with Crippen LogP contribution < -0.4 is 5.73 Å². The Balaban J connectivity index is 3.43. The molecule has 1 rings (SSSR count). The van der Waals surface area contributed by atoms with E-state index in [2.05, 4.69) is 4.98 Å². The second kappa shape index (κ2) is 3.95. The Morgan fingerprint density at radius 1 is 1.60 bits per heavy atom. The molecule has 0 bridgehead atoms. The predicted molar refractivity (Wildman–Crippen MR) is 45.6 cm³/mol. The molecule has 2 N–H and O–H groups in total. The molecular formula is C7H5F2N3O3. The van der Waals surface area contributed by atoms with Gasteiger partial charge < -0.3 is 15.8 Å². The summed E-state index contributed by atoms with van der Waals surface area (Å²) in [6.45, 7) is 0. The summed E-state index contributed by atoms with van der Waals surface area (Å²) >= 11 is 0. The number of halogens is 2. The zero-order valence-electron chi connectivity index (χ0n) is 7.18. The Hall–Kier alpha value is -2.12. The normalized spacial score (nSPS) is 10.3. The third-order valence-corrected chi connectivity index (χ3v) is 1.60. The number of alkyl halides is 2. The highest BCUT2D eigenvalue weighted by molar-refractivity contribution is 5.79. The van der Waals surface area contributed by atoms with Gasteiger partial charge in [-0.25, -0.2) is 8.78 Å². The van der Waals surface area contributed by atoms with Gasteiger partial charge in [0.15, 0.2) is 6.29 Å². The van der Waals surface area contributed by atoms with E-state index in [0.29, 0.717) is 0 Å². The van der Waals surface area contributed by atoms with Gasteiger partial charge in [-0.3, -0.25) is 4.79 Å². The van der Waals surface area contributed by atoms with E-state index in [9.17, 15) is 23.7 Å². The molecule has 80 valence electrons. The zero-order chi connectivity index (χ0) is 11.6. The van der Waals surface area contributed by atoms with Crippen molar-refractivity contribution >= 4 is 17.8 Å². The number of aromatic nitrogens is 1. The van der Waals surface area contributed by atoms with Gasteiger partial charge in [0.1, 0.15) is 5.69 Å². The monoisotopic (exact) mass is 217 g/mol. The van der Waals surface area contributed by atoms with E-state index in [1.807, 2.05) is 0 Å². The third kappa shape index (κ3) is 2.03.